The normalized spacial score (nSPS) is 19.0. The van der Waals surface area contributed by atoms with Crippen molar-refractivity contribution in [1.29, 1.82) is 0 Å². The number of aromatic amines is 1. The van der Waals surface area contributed by atoms with Gasteiger partial charge in [0.1, 0.15) is 18.1 Å². The minimum absolute atomic E-state index is 0.0436. The number of amides is 3. The molecule has 0 radical (unpaired) electrons. The molecule has 2 heterocycles. The second-order valence-electron chi connectivity index (χ2n) is 8.34. The lowest BCUT2D eigenvalue weighted by atomic mass is 10.0. The summed E-state index contributed by atoms with van der Waals surface area (Å²) in [6, 6.07) is -3.51. The molecule has 1 fully saturated rings. The number of hydrogen-bond donors (Lipinski definition) is 5. The molecule has 1 aromatic rings. The molecule has 11 nitrogen and oxygen atoms in total. The number of H-pyrrole nitrogens is 1. The maximum atomic E-state index is 12.9. The van der Waals surface area contributed by atoms with Crippen molar-refractivity contribution >= 4 is 23.7 Å². The van der Waals surface area contributed by atoms with E-state index in [2.05, 4.69) is 20.6 Å². The quantitative estimate of drug-likeness (QED) is 0.326. The van der Waals surface area contributed by atoms with Gasteiger partial charge in [-0.2, -0.15) is 0 Å². The molecule has 4 unspecified atom stereocenters. The van der Waals surface area contributed by atoms with Crippen molar-refractivity contribution in [3.05, 3.63) is 18.2 Å². The van der Waals surface area contributed by atoms with Crippen molar-refractivity contribution in [3.8, 4) is 0 Å². The largest absolute Gasteiger partial charge is 0.480 e. The number of nitrogens with zero attached hydrogens (tertiary/aromatic N) is 2. The molecule has 0 aliphatic carbocycles. The Hall–Kier alpha value is -2.95. The fraction of sp³-hybridized carbons (Fsp3) is 0.650. The first kappa shape index (κ1) is 24.3. The molecule has 0 saturated carbocycles. The van der Waals surface area contributed by atoms with Gasteiger partial charge in [0.25, 0.3) is 0 Å². The van der Waals surface area contributed by atoms with Crippen LogP contribution in [0.2, 0.25) is 0 Å². The third-order valence-corrected chi connectivity index (χ3v) is 5.22. The number of carboxylic acids is 1. The lowest BCUT2D eigenvalue weighted by molar-refractivity contribution is -0.144. The summed E-state index contributed by atoms with van der Waals surface area (Å²) in [6.07, 6.45) is 4.48. The Kier molecular flexibility index (Phi) is 8.55. The molecular weight excluding hydrogens is 404 g/mol. The number of nitrogens with one attached hydrogen (secondary N) is 3. The van der Waals surface area contributed by atoms with Crippen LogP contribution < -0.4 is 16.4 Å². The zero-order chi connectivity index (χ0) is 23.1. The Morgan fingerprint density at radius 1 is 1.29 bits per heavy atom. The van der Waals surface area contributed by atoms with Gasteiger partial charge < -0.3 is 31.4 Å². The average Bonchev–Trinajstić information content (AvgIpc) is 3.37. The first-order valence-corrected chi connectivity index (χ1v) is 10.5. The van der Waals surface area contributed by atoms with Gasteiger partial charge >= 0.3 is 5.97 Å². The molecule has 11 heteroatoms. The Morgan fingerprint density at radius 3 is 2.58 bits per heavy atom. The third-order valence-electron chi connectivity index (χ3n) is 5.22. The van der Waals surface area contributed by atoms with Crippen LogP contribution >= 0.6 is 0 Å². The molecule has 0 bridgehead atoms. The summed E-state index contributed by atoms with van der Waals surface area (Å²) in [6.45, 7) is 5.80. The predicted molar refractivity (Wildman–Crippen MR) is 112 cm³/mol. The molecule has 2 rings (SSSR count). The summed E-state index contributed by atoms with van der Waals surface area (Å²) in [5, 5.41) is 14.6. The fourth-order valence-corrected chi connectivity index (χ4v) is 3.63. The summed E-state index contributed by atoms with van der Waals surface area (Å²) in [7, 11) is 0. The standard InChI is InChI=1S/C20H32N6O5/c1-11(2)7-14(21)17(27)24-12(3)19(29)26-6-4-5-16(26)18(28)25-15(20(30)31)8-13-9-22-10-23-13/h9-12,14-16H,4-8,21H2,1-3H3,(H,22,23)(H,24,27)(H,25,28)(H,30,31). The highest BCUT2D eigenvalue weighted by molar-refractivity contribution is 5.94. The Bertz CT molecular complexity index is 781. The number of hydrogen-bond acceptors (Lipinski definition) is 6. The van der Waals surface area contributed by atoms with Gasteiger partial charge in [0.2, 0.25) is 17.7 Å². The van der Waals surface area contributed by atoms with Crippen LogP contribution in [0.1, 0.15) is 45.7 Å². The van der Waals surface area contributed by atoms with Crippen molar-refractivity contribution in [2.45, 2.75) is 70.6 Å². The number of imidazole rings is 1. The fourth-order valence-electron chi connectivity index (χ4n) is 3.63. The molecule has 0 spiro atoms. The van der Waals surface area contributed by atoms with Gasteiger partial charge in [-0.1, -0.05) is 13.8 Å². The Morgan fingerprint density at radius 2 is 2.00 bits per heavy atom. The van der Waals surface area contributed by atoms with E-state index in [1.54, 1.807) is 6.92 Å². The maximum Gasteiger partial charge on any atom is 0.326 e. The van der Waals surface area contributed by atoms with Gasteiger partial charge in [0, 0.05) is 24.9 Å². The Balaban J connectivity index is 1.98. The van der Waals surface area contributed by atoms with Gasteiger partial charge in [-0.25, -0.2) is 9.78 Å². The molecule has 1 saturated heterocycles. The van der Waals surface area contributed by atoms with E-state index in [1.807, 2.05) is 13.8 Å². The number of carboxylic acid groups (broad SMARTS) is 1. The predicted octanol–water partition coefficient (Wildman–Crippen LogP) is -0.609. The molecule has 172 valence electrons. The monoisotopic (exact) mass is 436 g/mol. The summed E-state index contributed by atoms with van der Waals surface area (Å²) in [5.41, 5.74) is 6.44. The molecule has 1 aliphatic rings. The van der Waals surface area contributed by atoms with Crippen LogP contribution in [0.15, 0.2) is 12.5 Å². The van der Waals surface area contributed by atoms with E-state index in [1.165, 1.54) is 17.4 Å². The van der Waals surface area contributed by atoms with Crippen molar-refractivity contribution < 1.29 is 24.3 Å². The minimum Gasteiger partial charge on any atom is -0.480 e. The summed E-state index contributed by atoms with van der Waals surface area (Å²) in [5.74, 6) is -2.29. The summed E-state index contributed by atoms with van der Waals surface area (Å²) in [4.78, 5) is 57.5. The van der Waals surface area contributed by atoms with Crippen molar-refractivity contribution in [2.75, 3.05) is 6.54 Å². The molecule has 1 aliphatic heterocycles. The van der Waals surface area contributed by atoms with Crippen LogP contribution in [-0.4, -0.2) is 74.4 Å². The second-order valence-corrected chi connectivity index (χ2v) is 8.34. The number of nitrogens with two attached hydrogens (primary N) is 1. The van der Waals surface area contributed by atoms with Crippen molar-refractivity contribution in [2.24, 2.45) is 11.7 Å². The number of carbonyl (C=O) groups is 4. The topological polar surface area (TPSA) is 171 Å². The van der Waals surface area contributed by atoms with Gasteiger partial charge in [-0.3, -0.25) is 14.4 Å². The lowest BCUT2D eigenvalue weighted by Gasteiger charge is -2.28. The van der Waals surface area contributed by atoms with E-state index in [-0.39, 0.29) is 12.3 Å². The van der Waals surface area contributed by atoms with Crippen LogP contribution in [0.4, 0.5) is 0 Å². The van der Waals surface area contributed by atoms with Crippen LogP contribution in [0, 0.1) is 5.92 Å². The minimum atomic E-state index is -1.18. The second kappa shape index (κ2) is 10.9. The van der Waals surface area contributed by atoms with Crippen LogP contribution in [0.25, 0.3) is 0 Å². The maximum absolute atomic E-state index is 12.9. The highest BCUT2D eigenvalue weighted by atomic mass is 16.4. The molecule has 3 amide bonds. The highest BCUT2D eigenvalue weighted by Gasteiger charge is 2.38. The molecule has 0 aromatic carbocycles. The van der Waals surface area contributed by atoms with E-state index in [0.717, 1.165) is 0 Å². The lowest BCUT2D eigenvalue weighted by Crippen LogP contribution is -2.56. The highest BCUT2D eigenvalue weighted by Crippen LogP contribution is 2.19. The van der Waals surface area contributed by atoms with Gasteiger partial charge in [0.05, 0.1) is 12.4 Å². The van der Waals surface area contributed by atoms with Crippen LogP contribution in [-0.2, 0) is 25.6 Å². The van der Waals surface area contributed by atoms with Gasteiger partial charge in [0.15, 0.2) is 0 Å². The van der Waals surface area contributed by atoms with E-state index < -0.39 is 47.9 Å². The number of likely N-dealkylation sites (tertiary alicyclic amines) is 1. The van der Waals surface area contributed by atoms with E-state index in [4.69, 9.17) is 5.73 Å². The SMILES string of the molecule is CC(C)CC(N)C(=O)NC(C)C(=O)N1CCCC1C(=O)NC(Cc1cnc[nH]1)C(=O)O. The molecule has 4 atom stereocenters. The summed E-state index contributed by atoms with van der Waals surface area (Å²) >= 11 is 0. The molecule has 6 N–H and O–H groups in total. The van der Waals surface area contributed by atoms with Gasteiger partial charge in [-0.05, 0) is 32.1 Å². The number of rotatable bonds is 10. The first-order chi connectivity index (χ1) is 14.6. The number of carbonyl (C=O) groups excluding carboxylic acids is 3. The number of aliphatic carboxylic acids is 1. The average molecular weight is 437 g/mol. The zero-order valence-electron chi connectivity index (χ0n) is 18.1. The molecular formula is C20H32N6O5. The molecule has 31 heavy (non-hydrogen) atoms. The van der Waals surface area contributed by atoms with Crippen LogP contribution in [0.5, 0.6) is 0 Å². The van der Waals surface area contributed by atoms with E-state index in [9.17, 15) is 24.3 Å². The Labute approximate surface area is 181 Å². The van der Waals surface area contributed by atoms with E-state index >= 15 is 0 Å². The van der Waals surface area contributed by atoms with Crippen molar-refractivity contribution in [1.82, 2.24) is 25.5 Å². The first-order valence-electron chi connectivity index (χ1n) is 10.5. The number of aromatic nitrogens is 2. The van der Waals surface area contributed by atoms with Crippen LogP contribution in [0.3, 0.4) is 0 Å². The third kappa shape index (κ3) is 6.78. The zero-order valence-corrected chi connectivity index (χ0v) is 18.1. The van der Waals surface area contributed by atoms with E-state index in [0.29, 0.717) is 31.5 Å². The summed E-state index contributed by atoms with van der Waals surface area (Å²) < 4.78 is 0. The van der Waals surface area contributed by atoms with Crippen molar-refractivity contribution in [3.63, 3.8) is 0 Å². The smallest absolute Gasteiger partial charge is 0.326 e. The molecule has 1 aromatic heterocycles. The van der Waals surface area contributed by atoms with Gasteiger partial charge in [-0.15, -0.1) is 0 Å².